The van der Waals surface area contributed by atoms with Crippen LogP contribution in [0.15, 0.2) is 30.3 Å². The van der Waals surface area contributed by atoms with Gasteiger partial charge in [-0.25, -0.2) is 0 Å². The second-order valence-corrected chi connectivity index (χ2v) is 4.08. The first-order chi connectivity index (χ1) is 6.93. The van der Waals surface area contributed by atoms with Gasteiger partial charge in [-0.05, 0) is 29.4 Å². The highest BCUT2D eigenvalue weighted by Crippen LogP contribution is 2.03. The van der Waals surface area contributed by atoms with E-state index in [4.69, 9.17) is 4.74 Å². The largest absolute Gasteiger partial charge is 0.377 e. The molecule has 0 spiro atoms. The van der Waals surface area contributed by atoms with Gasteiger partial charge in [-0.15, -0.1) is 0 Å². The van der Waals surface area contributed by atoms with Gasteiger partial charge < -0.3 is 4.74 Å². The van der Waals surface area contributed by atoms with Crippen molar-refractivity contribution in [2.75, 3.05) is 11.9 Å². The Balaban J connectivity index is 0.00000196. The van der Waals surface area contributed by atoms with Crippen molar-refractivity contribution in [3.8, 4) is 0 Å². The molecule has 1 aromatic carbocycles. The molecule has 0 bridgehead atoms. The molecule has 0 radical (unpaired) electrons. The second kappa shape index (κ2) is 10.4. The van der Waals surface area contributed by atoms with Crippen LogP contribution in [0.4, 0.5) is 0 Å². The maximum absolute atomic E-state index is 5.55. The van der Waals surface area contributed by atoms with Crippen LogP contribution in [0, 0.1) is 0 Å². The number of hydrogen-bond acceptors (Lipinski definition) is 1. The van der Waals surface area contributed by atoms with Gasteiger partial charge in [0.15, 0.2) is 0 Å². The predicted molar refractivity (Wildman–Crippen MR) is 75.1 cm³/mol. The van der Waals surface area contributed by atoms with Crippen LogP contribution in [0.2, 0.25) is 0 Å². The summed E-state index contributed by atoms with van der Waals surface area (Å²) in [6.45, 7) is 1.62. The molecule has 0 amide bonds. The molecule has 1 nitrogen and oxygen atoms in total. The van der Waals surface area contributed by atoms with Gasteiger partial charge in [0.05, 0.1) is 6.61 Å². The van der Waals surface area contributed by atoms with Crippen LogP contribution in [0.5, 0.6) is 0 Å². The van der Waals surface area contributed by atoms with Crippen molar-refractivity contribution in [1.29, 1.82) is 0 Å². The van der Waals surface area contributed by atoms with Crippen LogP contribution in [-0.2, 0) is 11.3 Å². The first-order valence-electron chi connectivity index (χ1n) is 5.11. The van der Waals surface area contributed by atoms with Gasteiger partial charge in [-0.3, -0.25) is 0 Å². The van der Waals surface area contributed by atoms with E-state index in [9.17, 15) is 0 Å². The van der Waals surface area contributed by atoms with Crippen molar-refractivity contribution in [2.24, 2.45) is 0 Å². The molecule has 1 aromatic rings. The summed E-state index contributed by atoms with van der Waals surface area (Å²) in [5, 5.41) is 1.10. The molecule has 86 valence electrons. The van der Waals surface area contributed by atoms with E-state index in [1.54, 1.807) is 0 Å². The molecule has 0 saturated carbocycles. The Morgan fingerprint density at radius 1 is 1.00 bits per heavy atom. The number of hydrogen-bond donors (Lipinski definition) is 0. The van der Waals surface area contributed by atoms with Gasteiger partial charge in [0, 0.05) is 11.9 Å². The zero-order valence-corrected chi connectivity index (χ0v) is 10.0. The van der Waals surface area contributed by atoms with Gasteiger partial charge in [0.2, 0.25) is 0 Å². The van der Waals surface area contributed by atoms with Crippen molar-refractivity contribution >= 4 is 26.9 Å². The van der Waals surface area contributed by atoms with Gasteiger partial charge in [-0.2, -0.15) is 0 Å². The molecule has 0 heterocycles. The summed E-state index contributed by atoms with van der Waals surface area (Å²) in [4.78, 5) is 0. The monoisotopic (exact) mass is 288 g/mol. The summed E-state index contributed by atoms with van der Waals surface area (Å²) in [5.41, 5.74) is 1.26. The normalized spacial score (nSPS) is 9.67. The molecular weight excluding hydrogens is 268 g/mol. The molecule has 0 aromatic heterocycles. The number of benzene rings is 1. The minimum atomic E-state index is 0. The molecule has 0 atom stereocenters. The lowest BCUT2D eigenvalue weighted by Gasteiger charge is -2.03. The van der Waals surface area contributed by atoms with Crippen molar-refractivity contribution in [3.63, 3.8) is 0 Å². The van der Waals surface area contributed by atoms with Crippen molar-refractivity contribution in [2.45, 2.75) is 25.9 Å². The third-order valence-corrected chi connectivity index (χ3v) is 2.59. The van der Waals surface area contributed by atoms with Crippen LogP contribution in [-0.4, -0.2) is 22.9 Å². The molecule has 0 fully saturated rings. The molecule has 0 N–H and O–H groups in total. The molecule has 0 aliphatic carbocycles. The van der Waals surface area contributed by atoms with E-state index in [1.165, 1.54) is 24.8 Å². The standard InChI is InChI=1S/C12H17BrO.H4Si/c13-9-5-2-6-10-14-11-12-7-3-1-4-8-12;/h1,3-4,7-8H,2,5-6,9-11H2;1H4. The van der Waals surface area contributed by atoms with Gasteiger partial charge in [-0.1, -0.05) is 52.7 Å². The third-order valence-electron chi connectivity index (χ3n) is 2.03. The fraction of sp³-hybridized carbons (Fsp3) is 0.500. The summed E-state index contributed by atoms with van der Waals surface area (Å²) < 4.78 is 5.55. The van der Waals surface area contributed by atoms with Crippen molar-refractivity contribution < 1.29 is 4.74 Å². The van der Waals surface area contributed by atoms with Crippen molar-refractivity contribution in [3.05, 3.63) is 35.9 Å². The van der Waals surface area contributed by atoms with E-state index < -0.39 is 0 Å². The molecule has 1 rings (SSSR count). The van der Waals surface area contributed by atoms with Gasteiger partial charge in [0.25, 0.3) is 0 Å². The summed E-state index contributed by atoms with van der Waals surface area (Å²) >= 11 is 3.41. The lowest BCUT2D eigenvalue weighted by atomic mass is 10.2. The van der Waals surface area contributed by atoms with E-state index in [0.717, 1.165) is 18.5 Å². The fourth-order valence-corrected chi connectivity index (χ4v) is 1.64. The first kappa shape index (κ1) is 14.9. The lowest BCUT2D eigenvalue weighted by molar-refractivity contribution is 0.117. The number of halogens is 1. The summed E-state index contributed by atoms with van der Waals surface area (Å²) in [5.74, 6) is 0. The molecule has 0 unspecified atom stereocenters. The maximum Gasteiger partial charge on any atom is 0.0716 e. The number of alkyl halides is 1. The molecule has 15 heavy (non-hydrogen) atoms. The smallest absolute Gasteiger partial charge is 0.0716 e. The zero-order chi connectivity index (χ0) is 10.1. The second-order valence-electron chi connectivity index (χ2n) is 3.29. The van der Waals surface area contributed by atoms with Crippen LogP contribution in [0.1, 0.15) is 24.8 Å². The Bertz CT molecular complexity index is 228. The lowest BCUT2D eigenvalue weighted by Crippen LogP contribution is -1.95. The number of ether oxygens (including phenoxy) is 1. The molecule has 0 aliphatic rings. The molecule has 3 heteroatoms. The van der Waals surface area contributed by atoms with Gasteiger partial charge >= 0.3 is 0 Å². The Hall–Kier alpha value is -0.123. The number of unbranched alkanes of at least 4 members (excludes halogenated alkanes) is 2. The Labute approximate surface area is 105 Å². The summed E-state index contributed by atoms with van der Waals surface area (Å²) in [6.07, 6.45) is 3.66. The minimum Gasteiger partial charge on any atom is -0.377 e. The van der Waals surface area contributed by atoms with Crippen LogP contribution in [0.3, 0.4) is 0 Å². The van der Waals surface area contributed by atoms with E-state index in [1.807, 2.05) is 18.2 Å². The molecule has 0 saturated heterocycles. The van der Waals surface area contributed by atoms with E-state index in [-0.39, 0.29) is 11.0 Å². The summed E-state index contributed by atoms with van der Waals surface area (Å²) in [6, 6.07) is 10.3. The summed E-state index contributed by atoms with van der Waals surface area (Å²) in [7, 11) is 0. The number of rotatable bonds is 7. The highest BCUT2D eigenvalue weighted by molar-refractivity contribution is 9.09. The van der Waals surface area contributed by atoms with E-state index in [0.29, 0.717) is 0 Å². The van der Waals surface area contributed by atoms with Crippen molar-refractivity contribution in [1.82, 2.24) is 0 Å². The van der Waals surface area contributed by atoms with Crippen LogP contribution >= 0.6 is 15.9 Å². The fourth-order valence-electron chi connectivity index (χ4n) is 1.24. The zero-order valence-electron chi connectivity index (χ0n) is 8.42. The Kier molecular flexibility index (Phi) is 10.3. The topological polar surface area (TPSA) is 9.23 Å². The van der Waals surface area contributed by atoms with Gasteiger partial charge in [0.1, 0.15) is 0 Å². The Morgan fingerprint density at radius 3 is 2.40 bits per heavy atom. The van der Waals surface area contributed by atoms with E-state index in [2.05, 4.69) is 28.1 Å². The molecular formula is C12H21BrOSi. The SMILES string of the molecule is BrCCCCCOCc1ccccc1.[SiH4]. The van der Waals surface area contributed by atoms with E-state index >= 15 is 0 Å². The quantitative estimate of drug-likeness (QED) is 0.425. The molecule has 0 aliphatic heterocycles. The minimum absolute atomic E-state index is 0. The van der Waals surface area contributed by atoms with Crippen LogP contribution in [0.25, 0.3) is 0 Å². The average Bonchev–Trinajstić information content (AvgIpc) is 2.25. The highest BCUT2D eigenvalue weighted by atomic mass is 79.9. The highest BCUT2D eigenvalue weighted by Gasteiger charge is 1.91. The third kappa shape index (κ3) is 7.77. The van der Waals surface area contributed by atoms with Crippen LogP contribution < -0.4 is 0 Å². The first-order valence-corrected chi connectivity index (χ1v) is 6.23. The average molecular weight is 289 g/mol. The Morgan fingerprint density at radius 2 is 1.73 bits per heavy atom. The maximum atomic E-state index is 5.55. The predicted octanol–water partition coefficient (Wildman–Crippen LogP) is 2.32.